The van der Waals surface area contributed by atoms with Crippen molar-refractivity contribution >= 4 is 21.0 Å². The zero-order valence-electron chi connectivity index (χ0n) is 13.7. The fourth-order valence-corrected chi connectivity index (χ4v) is 3.59. The van der Waals surface area contributed by atoms with Crippen molar-refractivity contribution in [2.45, 2.75) is 25.8 Å². The van der Waals surface area contributed by atoms with Crippen molar-refractivity contribution in [1.29, 1.82) is 0 Å². The first-order valence-electron chi connectivity index (χ1n) is 7.90. The van der Waals surface area contributed by atoms with E-state index in [-0.39, 0.29) is 6.54 Å². The van der Waals surface area contributed by atoms with Crippen LogP contribution >= 0.6 is 0 Å². The quantitative estimate of drug-likeness (QED) is 0.778. The Morgan fingerprint density at radius 1 is 1.17 bits per heavy atom. The molecule has 2 aromatic rings. The second-order valence-corrected chi connectivity index (χ2v) is 7.50. The molecule has 0 heterocycles. The van der Waals surface area contributed by atoms with Crippen LogP contribution in [-0.4, -0.2) is 32.9 Å². The van der Waals surface area contributed by atoms with Crippen LogP contribution in [0.25, 0.3) is 10.8 Å². The van der Waals surface area contributed by atoms with E-state index in [0.717, 1.165) is 29.2 Å². The van der Waals surface area contributed by atoms with Crippen LogP contribution in [-0.2, 0) is 10.2 Å². The van der Waals surface area contributed by atoms with Crippen LogP contribution in [0.4, 0.5) is 0 Å². The topological polar surface area (TPSA) is 75.4 Å². The fraction of sp³-hybridized carbons (Fsp3) is 0.412. The number of hydrogen-bond acceptors (Lipinski definition) is 3. The van der Waals surface area contributed by atoms with Gasteiger partial charge >= 0.3 is 0 Å². The van der Waals surface area contributed by atoms with Gasteiger partial charge in [-0.15, -0.1) is 0 Å². The zero-order valence-corrected chi connectivity index (χ0v) is 14.5. The first kappa shape index (κ1) is 17.9. The lowest BCUT2D eigenvalue weighted by atomic mass is 10.0. The Balaban J connectivity index is 2.21. The van der Waals surface area contributed by atoms with Gasteiger partial charge in [-0.05, 0) is 28.8 Å². The molecule has 23 heavy (non-hydrogen) atoms. The van der Waals surface area contributed by atoms with Gasteiger partial charge in [0.15, 0.2) is 0 Å². The van der Waals surface area contributed by atoms with E-state index >= 15 is 0 Å². The summed E-state index contributed by atoms with van der Waals surface area (Å²) in [6.45, 7) is 2.74. The molecule has 0 saturated heterocycles. The van der Waals surface area contributed by atoms with Crippen molar-refractivity contribution in [3.63, 3.8) is 0 Å². The molecule has 0 spiro atoms. The van der Waals surface area contributed by atoms with Gasteiger partial charge in [0.05, 0.1) is 6.04 Å². The maximum Gasteiger partial charge on any atom is 0.279 e. The Morgan fingerprint density at radius 3 is 2.52 bits per heavy atom. The predicted octanol–water partition coefficient (Wildman–Crippen LogP) is 2.41. The van der Waals surface area contributed by atoms with Gasteiger partial charge in [0, 0.05) is 20.1 Å². The van der Waals surface area contributed by atoms with Crippen LogP contribution in [0.5, 0.6) is 0 Å². The standard InChI is InChI=1S/C17H25N3O2S/c1-3-4-11-20(2)23(21,22)19-17(13-18)16-10-9-14-7-5-6-8-15(14)12-16/h5-10,12,17,19H,3-4,11,13,18H2,1-2H3. The molecule has 0 saturated carbocycles. The van der Waals surface area contributed by atoms with Gasteiger partial charge in [0.1, 0.15) is 0 Å². The van der Waals surface area contributed by atoms with Gasteiger partial charge in [-0.3, -0.25) is 0 Å². The SMILES string of the molecule is CCCCN(C)S(=O)(=O)NC(CN)c1ccc2ccccc2c1. The van der Waals surface area contributed by atoms with E-state index in [1.807, 2.05) is 49.4 Å². The number of nitrogens with two attached hydrogens (primary N) is 1. The van der Waals surface area contributed by atoms with Crippen LogP contribution in [0.1, 0.15) is 31.4 Å². The largest absolute Gasteiger partial charge is 0.329 e. The molecule has 0 aliphatic carbocycles. The van der Waals surface area contributed by atoms with Gasteiger partial charge in [-0.2, -0.15) is 17.4 Å². The summed E-state index contributed by atoms with van der Waals surface area (Å²) in [5, 5.41) is 2.19. The van der Waals surface area contributed by atoms with Crippen molar-refractivity contribution in [2.75, 3.05) is 20.1 Å². The molecular weight excluding hydrogens is 310 g/mol. The molecule has 0 fully saturated rings. The number of nitrogens with one attached hydrogen (secondary N) is 1. The van der Waals surface area contributed by atoms with Gasteiger partial charge in [-0.25, -0.2) is 0 Å². The highest BCUT2D eigenvalue weighted by Gasteiger charge is 2.22. The van der Waals surface area contributed by atoms with Gasteiger partial charge in [-0.1, -0.05) is 49.7 Å². The van der Waals surface area contributed by atoms with Crippen LogP contribution in [0, 0.1) is 0 Å². The van der Waals surface area contributed by atoms with E-state index < -0.39 is 16.3 Å². The van der Waals surface area contributed by atoms with Crippen molar-refractivity contribution < 1.29 is 8.42 Å². The Hall–Kier alpha value is -1.47. The van der Waals surface area contributed by atoms with E-state index in [2.05, 4.69) is 4.72 Å². The van der Waals surface area contributed by atoms with Crippen molar-refractivity contribution in [3.05, 3.63) is 48.0 Å². The second-order valence-electron chi connectivity index (χ2n) is 5.69. The number of fused-ring (bicyclic) bond motifs is 1. The smallest absolute Gasteiger partial charge is 0.279 e. The van der Waals surface area contributed by atoms with E-state index in [1.54, 1.807) is 7.05 Å². The van der Waals surface area contributed by atoms with Crippen LogP contribution in [0.15, 0.2) is 42.5 Å². The normalized spacial score (nSPS) is 13.6. The zero-order chi connectivity index (χ0) is 16.9. The lowest BCUT2D eigenvalue weighted by molar-refractivity contribution is 0.440. The number of unbranched alkanes of at least 4 members (excludes halogenated alkanes) is 1. The van der Waals surface area contributed by atoms with Crippen LogP contribution in [0.3, 0.4) is 0 Å². The summed E-state index contributed by atoms with van der Waals surface area (Å²) in [4.78, 5) is 0. The Bertz CT molecular complexity index is 746. The van der Waals surface area contributed by atoms with Gasteiger partial charge in [0.25, 0.3) is 10.2 Å². The van der Waals surface area contributed by atoms with E-state index in [9.17, 15) is 8.42 Å². The van der Waals surface area contributed by atoms with Crippen LogP contribution < -0.4 is 10.5 Å². The molecule has 126 valence electrons. The van der Waals surface area contributed by atoms with E-state index in [1.165, 1.54) is 4.31 Å². The minimum Gasteiger partial charge on any atom is -0.329 e. The average molecular weight is 335 g/mol. The van der Waals surface area contributed by atoms with Crippen LogP contribution in [0.2, 0.25) is 0 Å². The van der Waals surface area contributed by atoms with Crippen molar-refractivity contribution in [3.8, 4) is 0 Å². The third-order valence-corrected chi connectivity index (χ3v) is 5.53. The second kappa shape index (κ2) is 7.88. The molecule has 2 aromatic carbocycles. The first-order chi connectivity index (χ1) is 11.0. The summed E-state index contributed by atoms with van der Waals surface area (Å²) in [5.74, 6) is 0. The highest BCUT2D eigenvalue weighted by Crippen LogP contribution is 2.21. The molecule has 0 aromatic heterocycles. The summed E-state index contributed by atoms with van der Waals surface area (Å²) >= 11 is 0. The lowest BCUT2D eigenvalue weighted by Gasteiger charge is -2.23. The molecule has 2 rings (SSSR count). The Kier molecular flexibility index (Phi) is 6.12. The molecular formula is C17H25N3O2S. The van der Waals surface area contributed by atoms with E-state index in [4.69, 9.17) is 5.73 Å². The molecule has 1 unspecified atom stereocenters. The monoisotopic (exact) mass is 335 g/mol. The summed E-state index contributed by atoms with van der Waals surface area (Å²) in [6, 6.07) is 13.4. The minimum absolute atomic E-state index is 0.208. The van der Waals surface area contributed by atoms with Gasteiger partial charge < -0.3 is 5.73 Å². The highest BCUT2D eigenvalue weighted by atomic mass is 32.2. The molecule has 0 radical (unpaired) electrons. The lowest BCUT2D eigenvalue weighted by Crippen LogP contribution is -2.42. The minimum atomic E-state index is -3.54. The first-order valence-corrected chi connectivity index (χ1v) is 9.34. The molecule has 6 heteroatoms. The highest BCUT2D eigenvalue weighted by molar-refractivity contribution is 7.87. The predicted molar refractivity (Wildman–Crippen MR) is 95.3 cm³/mol. The summed E-state index contributed by atoms with van der Waals surface area (Å²) in [5.41, 5.74) is 6.68. The molecule has 0 amide bonds. The third-order valence-electron chi connectivity index (χ3n) is 3.94. The maximum absolute atomic E-state index is 12.4. The number of rotatable bonds is 8. The molecule has 0 aliphatic rings. The molecule has 1 atom stereocenters. The summed E-state index contributed by atoms with van der Waals surface area (Å²) in [7, 11) is -1.95. The summed E-state index contributed by atoms with van der Waals surface area (Å²) in [6.07, 6.45) is 1.78. The van der Waals surface area contributed by atoms with Crippen molar-refractivity contribution in [1.82, 2.24) is 9.03 Å². The molecule has 3 N–H and O–H groups in total. The number of hydrogen-bond donors (Lipinski definition) is 2. The van der Waals surface area contributed by atoms with E-state index in [0.29, 0.717) is 6.54 Å². The summed E-state index contributed by atoms with van der Waals surface area (Å²) < 4.78 is 28.9. The van der Waals surface area contributed by atoms with Crippen molar-refractivity contribution in [2.24, 2.45) is 5.73 Å². The average Bonchev–Trinajstić information content (AvgIpc) is 2.57. The number of benzene rings is 2. The molecule has 0 aliphatic heterocycles. The molecule has 0 bridgehead atoms. The maximum atomic E-state index is 12.4. The van der Waals surface area contributed by atoms with Gasteiger partial charge in [0.2, 0.25) is 0 Å². The third kappa shape index (κ3) is 4.51. The number of nitrogens with zero attached hydrogens (tertiary/aromatic N) is 1. The Labute approximate surface area is 138 Å². The molecule has 5 nitrogen and oxygen atoms in total. The fourth-order valence-electron chi connectivity index (χ4n) is 2.45. The Morgan fingerprint density at radius 2 is 1.87 bits per heavy atom.